The third-order valence-corrected chi connectivity index (χ3v) is 4.69. The van der Waals surface area contributed by atoms with Crippen LogP contribution in [0.1, 0.15) is 12.8 Å². The molecule has 0 radical (unpaired) electrons. The van der Waals surface area contributed by atoms with Crippen LogP contribution >= 0.6 is 0 Å². The molecule has 6 nitrogen and oxygen atoms in total. The minimum Gasteiger partial charge on any atom is -0.406 e. The lowest BCUT2D eigenvalue weighted by Crippen LogP contribution is -2.27. The molecule has 0 spiro atoms. The summed E-state index contributed by atoms with van der Waals surface area (Å²) in [4.78, 5) is 12.8. The van der Waals surface area contributed by atoms with Gasteiger partial charge in [-0.05, 0) is 48.2 Å². The van der Waals surface area contributed by atoms with Crippen molar-refractivity contribution >= 4 is 10.9 Å². The molecule has 0 saturated heterocycles. The van der Waals surface area contributed by atoms with E-state index in [4.69, 9.17) is 0 Å². The van der Waals surface area contributed by atoms with Crippen LogP contribution in [-0.4, -0.2) is 21.4 Å². The highest BCUT2D eigenvalue weighted by molar-refractivity contribution is 5.83. The van der Waals surface area contributed by atoms with Crippen molar-refractivity contribution in [2.75, 3.05) is 0 Å². The van der Waals surface area contributed by atoms with Crippen molar-refractivity contribution in [2.45, 2.75) is 25.7 Å². The van der Waals surface area contributed by atoms with Gasteiger partial charge >= 0.3 is 6.36 Å². The Labute approximate surface area is 156 Å². The molecule has 1 heterocycles. The van der Waals surface area contributed by atoms with Crippen molar-refractivity contribution in [1.29, 1.82) is 5.26 Å². The second-order valence-electron chi connectivity index (χ2n) is 6.75. The van der Waals surface area contributed by atoms with Crippen LogP contribution in [0.2, 0.25) is 0 Å². The zero-order chi connectivity index (χ0) is 19.9. The van der Waals surface area contributed by atoms with Gasteiger partial charge in [-0.3, -0.25) is 4.79 Å². The van der Waals surface area contributed by atoms with Crippen LogP contribution in [-0.2, 0) is 6.54 Å². The molecule has 28 heavy (non-hydrogen) atoms. The van der Waals surface area contributed by atoms with Crippen molar-refractivity contribution in [2.24, 2.45) is 5.41 Å². The van der Waals surface area contributed by atoms with E-state index in [1.54, 1.807) is 18.2 Å². The van der Waals surface area contributed by atoms with E-state index in [1.165, 1.54) is 28.9 Å². The topological polar surface area (TPSA) is 80.8 Å². The number of benzene rings is 2. The van der Waals surface area contributed by atoms with Crippen molar-refractivity contribution in [1.82, 2.24) is 15.0 Å². The summed E-state index contributed by atoms with van der Waals surface area (Å²) in [5, 5.41) is 17.5. The average molecular weight is 386 g/mol. The molecule has 1 fully saturated rings. The number of halogens is 3. The number of rotatable bonds is 4. The maximum atomic E-state index is 12.8. The molecule has 1 saturated carbocycles. The summed E-state index contributed by atoms with van der Waals surface area (Å²) in [7, 11) is 0. The fourth-order valence-corrected chi connectivity index (χ4v) is 2.95. The van der Waals surface area contributed by atoms with Gasteiger partial charge in [0.15, 0.2) is 0 Å². The third-order valence-electron chi connectivity index (χ3n) is 4.69. The van der Waals surface area contributed by atoms with E-state index < -0.39 is 11.8 Å². The minimum absolute atomic E-state index is 0.193. The van der Waals surface area contributed by atoms with E-state index in [2.05, 4.69) is 21.1 Å². The van der Waals surface area contributed by atoms with E-state index in [0.29, 0.717) is 22.0 Å². The number of fused-ring (bicyclic) bond motifs is 1. The molecule has 4 rings (SSSR count). The largest absolute Gasteiger partial charge is 0.573 e. The number of hydrogen-bond donors (Lipinski definition) is 0. The predicted octanol–water partition coefficient (Wildman–Crippen LogP) is 3.66. The average Bonchev–Trinajstić information content (AvgIpc) is 3.43. The van der Waals surface area contributed by atoms with Gasteiger partial charge in [0, 0.05) is 0 Å². The Hall–Kier alpha value is -3.41. The lowest BCUT2D eigenvalue weighted by atomic mass is 10.0. The Morgan fingerprint density at radius 2 is 1.82 bits per heavy atom. The predicted molar refractivity (Wildman–Crippen MR) is 93.2 cm³/mol. The Morgan fingerprint density at radius 1 is 1.14 bits per heavy atom. The summed E-state index contributed by atoms with van der Waals surface area (Å²) in [6, 6.07) is 12.5. The Morgan fingerprint density at radius 3 is 2.43 bits per heavy atom. The smallest absolute Gasteiger partial charge is 0.406 e. The molecule has 0 N–H and O–H groups in total. The molecule has 0 aliphatic heterocycles. The molecule has 1 aromatic heterocycles. The maximum Gasteiger partial charge on any atom is 0.573 e. The summed E-state index contributed by atoms with van der Waals surface area (Å²) < 4.78 is 41.9. The fraction of sp³-hybridized carbons (Fsp3) is 0.263. The lowest BCUT2D eigenvalue weighted by molar-refractivity contribution is -0.274. The SMILES string of the molecule is N#CC1(Cn2nnc3ccc(-c4ccc(OC(F)(F)F)cc4)cc3c2=O)CC1. The van der Waals surface area contributed by atoms with Crippen LogP contribution in [0, 0.1) is 16.7 Å². The molecule has 1 aliphatic rings. The van der Waals surface area contributed by atoms with Crippen molar-refractivity contribution in [3.63, 3.8) is 0 Å². The summed E-state index contributed by atoms with van der Waals surface area (Å²) in [5.74, 6) is -0.323. The van der Waals surface area contributed by atoms with Crippen LogP contribution < -0.4 is 10.3 Å². The molecule has 1 aliphatic carbocycles. The molecule has 0 unspecified atom stereocenters. The highest BCUT2D eigenvalue weighted by atomic mass is 19.4. The Bertz CT molecular complexity index is 1140. The molecule has 3 aromatic rings. The molecule has 2 aromatic carbocycles. The second-order valence-corrected chi connectivity index (χ2v) is 6.75. The number of nitrogens with zero attached hydrogens (tertiary/aromatic N) is 4. The van der Waals surface area contributed by atoms with Gasteiger partial charge in [0.1, 0.15) is 11.3 Å². The zero-order valence-corrected chi connectivity index (χ0v) is 14.4. The lowest BCUT2D eigenvalue weighted by Gasteiger charge is -2.10. The van der Waals surface area contributed by atoms with Gasteiger partial charge in [-0.25, -0.2) is 4.68 Å². The standard InChI is InChI=1S/C19H13F3N4O2/c20-19(21,22)28-14-4-1-12(2-5-14)13-3-6-16-15(9-13)17(27)26(25-24-16)11-18(10-23)7-8-18/h1-6,9H,7-8,11H2. The van der Waals surface area contributed by atoms with Gasteiger partial charge < -0.3 is 4.74 Å². The molecular weight excluding hydrogens is 373 g/mol. The van der Waals surface area contributed by atoms with Gasteiger partial charge in [-0.2, -0.15) is 5.26 Å². The molecule has 0 amide bonds. The number of alkyl halides is 3. The van der Waals surface area contributed by atoms with E-state index in [1.807, 2.05) is 0 Å². The van der Waals surface area contributed by atoms with Crippen molar-refractivity contribution in [3.8, 4) is 22.9 Å². The number of nitriles is 1. The first kappa shape index (κ1) is 18.0. The number of hydrogen-bond acceptors (Lipinski definition) is 5. The van der Waals surface area contributed by atoms with Crippen LogP contribution in [0.4, 0.5) is 13.2 Å². The number of aromatic nitrogens is 3. The normalized spacial score (nSPS) is 15.2. The fourth-order valence-electron chi connectivity index (χ4n) is 2.95. The van der Waals surface area contributed by atoms with Gasteiger partial charge in [-0.1, -0.05) is 23.4 Å². The second kappa shape index (κ2) is 6.34. The van der Waals surface area contributed by atoms with Crippen LogP contribution in [0.15, 0.2) is 47.3 Å². The quantitative estimate of drug-likeness (QED) is 0.684. The Kier molecular flexibility index (Phi) is 4.07. The summed E-state index contributed by atoms with van der Waals surface area (Å²) in [5.41, 5.74) is 0.770. The summed E-state index contributed by atoms with van der Waals surface area (Å²) in [6.07, 6.45) is -3.30. The highest BCUT2D eigenvalue weighted by Crippen LogP contribution is 2.45. The van der Waals surface area contributed by atoms with Gasteiger partial charge in [0.25, 0.3) is 5.56 Å². The highest BCUT2D eigenvalue weighted by Gasteiger charge is 2.44. The molecular formula is C19H13F3N4O2. The third kappa shape index (κ3) is 3.53. The molecule has 142 valence electrons. The summed E-state index contributed by atoms with van der Waals surface area (Å²) >= 11 is 0. The van der Waals surface area contributed by atoms with Gasteiger partial charge in [0.05, 0.1) is 23.4 Å². The van der Waals surface area contributed by atoms with Gasteiger partial charge in [-0.15, -0.1) is 18.3 Å². The van der Waals surface area contributed by atoms with E-state index in [0.717, 1.165) is 12.8 Å². The molecule has 0 atom stereocenters. The minimum atomic E-state index is -4.75. The maximum absolute atomic E-state index is 12.8. The first-order valence-electron chi connectivity index (χ1n) is 8.44. The van der Waals surface area contributed by atoms with Crippen LogP contribution in [0.3, 0.4) is 0 Å². The summed E-state index contributed by atoms with van der Waals surface area (Å²) in [6.45, 7) is 0.193. The monoisotopic (exact) mass is 386 g/mol. The van der Waals surface area contributed by atoms with Crippen molar-refractivity contribution < 1.29 is 17.9 Å². The molecule has 9 heteroatoms. The number of ether oxygens (including phenoxy) is 1. The Balaban J connectivity index is 1.68. The van der Waals surface area contributed by atoms with E-state index in [9.17, 15) is 23.2 Å². The van der Waals surface area contributed by atoms with E-state index >= 15 is 0 Å². The van der Waals surface area contributed by atoms with Crippen LogP contribution in [0.25, 0.3) is 22.0 Å². The zero-order valence-electron chi connectivity index (χ0n) is 14.4. The first-order valence-corrected chi connectivity index (χ1v) is 8.44. The van der Waals surface area contributed by atoms with Crippen molar-refractivity contribution in [3.05, 3.63) is 52.8 Å². The van der Waals surface area contributed by atoms with Crippen LogP contribution in [0.5, 0.6) is 5.75 Å². The van der Waals surface area contributed by atoms with Gasteiger partial charge in [0.2, 0.25) is 0 Å². The molecule has 0 bridgehead atoms. The first-order chi connectivity index (χ1) is 13.3. The van der Waals surface area contributed by atoms with E-state index in [-0.39, 0.29) is 17.9 Å².